The number of rotatable bonds is 6. The molecule has 2 heterocycles. The summed E-state index contributed by atoms with van der Waals surface area (Å²) in [6, 6.07) is 7.82. The van der Waals surface area contributed by atoms with Crippen LogP contribution in [0.1, 0.15) is 41.4 Å². The van der Waals surface area contributed by atoms with Crippen molar-refractivity contribution in [2.24, 2.45) is 5.73 Å². The minimum atomic E-state index is -0.450. The molecule has 1 aromatic heterocycles. The first-order chi connectivity index (χ1) is 12.5. The van der Waals surface area contributed by atoms with Gasteiger partial charge in [-0.05, 0) is 50.6 Å². The summed E-state index contributed by atoms with van der Waals surface area (Å²) in [6.45, 7) is 4.02. The lowest BCUT2D eigenvalue weighted by Crippen LogP contribution is -2.34. The Hall–Kier alpha value is -2.74. The van der Waals surface area contributed by atoms with Gasteiger partial charge in [-0.25, -0.2) is 4.68 Å². The number of aromatic nitrogens is 3. The molecular formula is C18H24N6O2. The quantitative estimate of drug-likeness (QED) is 0.804. The van der Waals surface area contributed by atoms with Gasteiger partial charge >= 0.3 is 0 Å². The van der Waals surface area contributed by atoms with E-state index in [0.717, 1.165) is 31.5 Å². The fourth-order valence-corrected chi connectivity index (χ4v) is 3.13. The molecule has 2 aromatic rings. The molecule has 3 N–H and O–H groups in total. The Bertz CT molecular complexity index is 781. The molecule has 0 bridgehead atoms. The van der Waals surface area contributed by atoms with Crippen LogP contribution in [0.2, 0.25) is 0 Å². The SMILES string of the molecule is Cc1cccc(N(CCC(N)=O)C(=O)c2cn(C3CCNCC3)nn2)c1. The summed E-state index contributed by atoms with van der Waals surface area (Å²) in [5.74, 6) is -0.731. The van der Waals surface area contributed by atoms with Gasteiger partial charge in [0, 0.05) is 18.7 Å². The largest absolute Gasteiger partial charge is 0.370 e. The van der Waals surface area contributed by atoms with Crippen LogP contribution in [0, 0.1) is 6.92 Å². The molecule has 1 saturated heterocycles. The van der Waals surface area contributed by atoms with E-state index in [0.29, 0.717) is 5.69 Å². The van der Waals surface area contributed by atoms with E-state index in [-0.39, 0.29) is 30.6 Å². The molecular weight excluding hydrogens is 332 g/mol. The fraction of sp³-hybridized carbons (Fsp3) is 0.444. The molecule has 1 aliphatic heterocycles. The van der Waals surface area contributed by atoms with Gasteiger partial charge in [0.1, 0.15) is 0 Å². The highest BCUT2D eigenvalue weighted by molar-refractivity contribution is 6.04. The number of carbonyl (C=O) groups is 2. The first-order valence-corrected chi connectivity index (χ1v) is 8.84. The van der Waals surface area contributed by atoms with Gasteiger partial charge in [0.25, 0.3) is 5.91 Å². The number of aryl methyl sites for hydroxylation is 1. The van der Waals surface area contributed by atoms with Gasteiger partial charge in [0.05, 0.1) is 12.2 Å². The first kappa shape index (κ1) is 18.1. The molecule has 0 radical (unpaired) electrons. The van der Waals surface area contributed by atoms with Crippen molar-refractivity contribution in [3.63, 3.8) is 0 Å². The maximum atomic E-state index is 13.0. The Morgan fingerprint density at radius 1 is 1.35 bits per heavy atom. The molecule has 0 spiro atoms. The highest BCUT2D eigenvalue weighted by Crippen LogP contribution is 2.21. The van der Waals surface area contributed by atoms with Crippen LogP contribution in [0.3, 0.4) is 0 Å². The summed E-state index contributed by atoms with van der Waals surface area (Å²) in [4.78, 5) is 25.8. The van der Waals surface area contributed by atoms with Crippen molar-refractivity contribution in [3.05, 3.63) is 41.7 Å². The van der Waals surface area contributed by atoms with Gasteiger partial charge < -0.3 is 16.0 Å². The van der Waals surface area contributed by atoms with Crippen LogP contribution in [0.15, 0.2) is 30.5 Å². The normalized spacial score (nSPS) is 15.0. The maximum Gasteiger partial charge on any atom is 0.280 e. The Kier molecular flexibility index (Phi) is 5.62. The summed E-state index contributed by atoms with van der Waals surface area (Å²) >= 11 is 0. The van der Waals surface area contributed by atoms with Crippen molar-refractivity contribution in [3.8, 4) is 0 Å². The lowest BCUT2D eigenvalue weighted by atomic mass is 10.1. The maximum absolute atomic E-state index is 13.0. The third kappa shape index (κ3) is 4.26. The number of nitrogens with one attached hydrogen (secondary N) is 1. The van der Waals surface area contributed by atoms with Crippen LogP contribution in [0.25, 0.3) is 0 Å². The summed E-state index contributed by atoms with van der Waals surface area (Å²) in [6.07, 6.45) is 3.70. The summed E-state index contributed by atoms with van der Waals surface area (Å²) < 4.78 is 1.77. The van der Waals surface area contributed by atoms with Gasteiger partial charge in [0.15, 0.2) is 5.69 Å². The molecule has 0 aliphatic carbocycles. The summed E-state index contributed by atoms with van der Waals surface area (Å²) in [7, 11) is 0. The molecule has 0 unspecified atom stereocenters. The van der Waals surface area contributed by atoms with Crippen molar-refractivity contribution in [1.29, 1.82) is 0 Å². The van der Waals surface area contributed by atoms with Crippen LogP contribution in [-0.2, 0) is 4.79 Å². The number of nitrogens with two attached hydrogens (primary N) is 1. The zero-order valence-corrected chi connectivity index (χ0v) is 14.9. The van der Waals surface area contributed by atoms with E-state index in [4.69, 9.17) is 5.73 Å². The van der Waals surface area contributed by atoms with Crippen molar-refractivity contribution in [2.75, 3.05) is 24.5 Å². The minimum Gasteiger partial charge on any atom is -0.370 e. The van der Waals surface area contributed by atoms with E-state index in [1.807, 2.05) is 31.2 Å². The fourth-order valence-electron chi connectivity index (χ4n) is 3.13. The van der Waals surface area contributed by atoms with Crippen LogP contribution < -0.4 is 16.0 Å². The van der Waals surface area contributed by atoms with Crippen LogP contribution >= 0.6 is 0 Å². The topological polar surface area (TPSA) is 106 Å². The van der Waals surface area contributed by atoms with Crippen molar-refractivity contribution in [1.82, 2.24) is 20.3 Å². The second-order valence-electron chi connectivity index (χ2n) is 6.58. The average molecular weight is 356 g/mol. The molecule has 1 fully saturated rings. The molecule has 1 aliphatic rings. The summed E-state index contributed by atoms with van der Waals surface area (Å²) in [5, 5.41) is 11.5. The zero-order chi connectivity index (χ0) is 18.5. The van der Waals surface area contributed by atoms with Crippen LogP contribution in [0.5, 0.6) is 0 Å². The molecule has 2 amide bonds. The average Bonchev–Trinajstić information content (AvgIpc) is 3.12. The third-order valence-corrected chi connectivity index (χ3v) is 4.55. The van der Waals surface area contributed by atoms with E-state index >= 15 is 0 Å². The molecule has 8 nitrogen and oxygen atoms in total. The first-order valence-electron chi connectivity index (χ1n) is 8.84. The predicted octanol–water partition coefficient (Wildman–Crippen LogP) is 1.03. The number of amides is 2. The number of benzene rings is 1. The summed E-state index contributed by atoms with van der Waals surface area (Å²) in [5.41, 5.74) is 7.29. The molecule has 1 aromatic carbocycles. The molecule has 8 heteroatoms. The van der Waals surface area contributed by atoms with Gasteiger partial charge in [-0.1, -0.05) is 17.3 Å². The van der Waals surface area contributed by atoms with Crippen LogP contribution in [-0.4, -0.2) is 46.4 Å². The Morgan fingerprint density at radius 3 is 2.81 bits per heavy atom. The lowest BCUT2D eigenvalue weighted by molar-refractivity contribution is -0.117. The van der Waals surface area contributed by atoms with E-state index in [1.54, 1.807) is 10.9 Å². The standard InChI is InChI=1S/C18H24N6O2/c1-13-3-2-4-15(11-13)23(10-7-17(19)25)18(26)16-12-24(22-21-16)14-5-8-20-9-6-14/h2-4,11-12,14,20H,5-10H2,1H3,(H2,19,25). The van der Waals surface area contributed by atoms with Gasteiger partial charge in [-0.2, -0.15) is 0 Å². The van der Waals surface area contributed by atoms with E-state index in [9.17, 15) is 9.59 Å². The van der Waals surface area contributed by atoms with Gasteiger partial charge in [0.2, 0.25) is 5.91 Å². The second kappa shape index (κ2) is 8.09. The highest BCUT2D eigenvalue weighted by Gasteiger charge is 2.23. The Balaban J connectivity index is 1.82. The Morgan fingerprint density at radius 2 is 2.12 bits per heavy atom. The number of anilines is 1. The number of nitrogens with zero attached hydrogens (tertiary/aromatic N) is 4. The molecule has 26 heavy (non-hydrogen) atoms. The smallest absolute Gasteiger partial charge is 0.280 e. The Labute approximate surface area is 152 Å². The minimum absolute atomic E-state index is 0.0854. The second-order valence-corrected chi connectivity index (χ2v) is 6.58. The van der Waals surface area contributed by atoms with Gasteiger partial charge in [-0.15, -0.1) is 5.10 Å². The molecule has 3 rings (SSSR count). The number of hydrogen-bond acceptors (Lipinski definition) is 5. The molecule has 138 valence electrons. The number of primary amides is 1. The van der Waals surface area contributed by atoms with Crippen LogP contribution in [0.4, 0.5) is 5.69 Å². The van der Waals surface area contributed by atoms with Crippen molar-refractivity contribution < 1.29 is 9.59 Å². The van der Waals surface area contributed by atoms with Gasteiger partial charge in [-0.3, -0.25) is 9.59 Å². The number of hydrogen-bond donors (Lipinski definition) is 2. The monoisotopic (exact) mass is 356 g/mol. The molecule has 0 saturated carbocycles. The van der Waals surface area contributed by atoms with Crippen molar-refractivity contribution in [2.45, 2.75) is 32.2 Å². The number of piperidine rings is 1. The number of carbonyl (C=O) groups excluding carboxylic acids is 2. The zero-order valence-electron chi connectivity index (χ0n) is 14.9. The van der Waals surface area contributed by atoms with Crippen molar-refractivity contribution >= 4 is 17.5 Å². The molecule has 0 atom stereocenters. The lowest BCUT2D eigenvalue weighted by Gasteiger charge is -2.22. The highest BCUT2D eigenvalue weighted by atomic mass is 16.2. The third-order valence-electron chi connectivity index (χ3n) is 4.55. The van der Waals surface area contributed by atoms with E-state index < -0.39 is 5.91 Å². The van der Waals surface area contributed by atoms with E-state index in [1.165, 1.54) is 4.90 Å². The van der Waals surface area contributed by atoms with E-state index in [2.05, 4.69) is 15.6 Å². The predicted molar refractivity (Wildman–Crippen MR) is 97.8 cm³/mol.